The van der Waals surface area contributed by atoms with Crippen LogP contribution in [0.3, 0.4) is 0 Å². The normalized spacial score (nSPS) is 16.2. The van der Waals surface area contributed by atoms with Crippen molar-refractivity contribution in [3.05, 3.63) is 157 Å². The molecule has 4 heterocycles. The molecule has 0 spiro atoms. The summed E-state index contributed by atoms with van der Waals surface area (Å²) in [7, 11) is 0. The zero-order valence-corrected chi connectivity index (χ0v) is 53.7. The smallest absolute Gasteiger partial charge is 0.407 e. The standard InChI is InChI=1S/C70H79FN10O14/c1-6-70(92)49-31-55-62-46(36-81(55)65(88)48(49)38-93-66(70)89)61-51(28-26-41-39(2)50(71)32-54(79-62)60(41)61)77-56(82)24-16-30-72-57(83)33-75-64(87)53(27-25-40-17-8-7-9-18-40)78-59(85)35-74-58(84)34-76-63(86)52(23-14-15-29-73-67(90)95-69(3,4)5)80-68(91)94-37-47-44-21-12-10-19-42(44)43-20-11-13-22-45(43)47/h7-13,17-22,31-32,47,51-53,92H,6,14-16,23-30,33-38H2,1-5H3,(H,72,83)(H,73,90)(H,74,84)(H,75,87)(H,76,86)(H,77,82)(H,78,85)(H,80,91)/t51-,52-,53-,70-/m0/s1. The van der Waals surface area contributed by atoms with Gasteiger partial charge in [0, 0.05) is 48.0 Å². The molecule has 9 N–H and O–H groups in total. The number of hydrogen-bond acceptors (Lipinski definition) is 15. The molecule has 24 nitrogen and oxygen atoms in total. The minimum atomic E-state index is -2.05. The monoisotopic (exact) mass is 1300 g/mol. The van der Waals surface area contributed by atoms with Gasteiger partial charge in [-0.25, -0.2) is 23.8 Å². The Morgan fingerprint density at radius 1 is 0.737 bits per heavy atom. The first-order valence-corrected chi connectivity index (χ1v) is 32.1. The number of aryl methyl sites for hydroxylation is 2. The zero-order chi connectivity index (χ0) is 67.7. The van der Waals surface area contributed by atoms with Gasteiger partial charge in [0.15, 0.2) is 5.60 Å². The first-order chi connectivity index (χ1) is 45.5. The number of carbonyl (C=O) groups is 9. The average molecular weight is 1300 g/mol. The Morgan fingerprint density at radius 3 is 2.06 bits per heavy atom. The minimum Gasteiger partial charge on any atom is -0.458 e. The number of unbranched alkanes of at least 4 members (excludes halogenated alkanes) is 1. The van der Waals surface area contributed by atoms with Crippen LogP contribution in [-0.2, 0) is 79.4 Å². The number of cyclic esters (lactones) is 1. The van der Waals surface area contributed by atoms with Crippen molar-refractivity contribution in [2.75, 3.05) is 39.3 Å². The molecule has 0 saturated carbocycles. The number of aromatic nitrogens is 2. The summed E-state index contributed by atoms with van der Waals surface area (Å²) in [6.07, 6.45) is 0.876. The summed E-state index contributed by atoms with van der Waals surface area (Å²) < 4.78 is 33.2. The molecule has 4 aromatic carbocycles. The van der Waals surface area contributed by atoms with Crippen molar-refractivity contribution in [1.29, 1.82) is 0 Å². The van der Waals surface area contributed by atoms with Crippen molar-refractivity contribution in [2.45, 2.75) is 147 Å². The van der Waals surface area contributed by atoms with Crippen LogP contribution in [0.2, 0.25) is 0 Å². The number of aliphatic hydroxyl groups is 1. The van der Waals surface area contributed by atoms with Crippen molar-refractivity contribution in [1.82, 2.24) is 52.1 Å². The summed E-state index contributed by atoms with van der Waals surface area (Å²) >= 11 is 0. The molecule has 25 heteroatoms. The van der Waals surface area contributed by atoms with E-state index in [0.29, 0.717) is 71.1 Å². The number of nitrogens with one attached hydrogen (secondary N) is 8. The minimum absolute atomic E-state index is 0.0111. The third kappa shape index (κ3) is 15.6. The van der Waals surface area contributed by atoms with Crippen LogP contribution in [0.5, 0.6) is 0 Å². The highest BCUT2D eigenvalue weighted by Gasteiger charge is 2.46. The van der Waals surface area contributed by atoms with Gasteiger partial charge in [-0.15, -0.1) is 0 Å². The molecular weight excluding hydrogens is 1220 g/mol. The molecule has 8 amide bonds. The van der Waals surface area contributed by atoms with E-state index in [1.165, 1.54) is 10.6 Å². The van der Waals surface area contributed by atoms with E-state index in [1.54, 1.807) is 40.7 Å². The molecule has 500 valence electrons. The van der Waals surface area contributed by atoms with Crippen LogP contribution in [0.1, 0.15) is 141 Å². The van der Waals surface area contributed by atoms with E-state index >= 15 is 4.39 Å². The number of amides is 8. The molecule has 6 aromatic rings. The van der Waals surface area contributed by atoms with Gasteiger partial charge >= 0.3 is 18.2 Å². The van der Waals surface area contributed by atoms with Gasteiger partial charge in [0.1, 0.15) is 36.7 Å². The van der Waals surface area contributed by atoms with E-state index in [9.17, 15) is 53.1 Å². The molecule has 4 atom stereocenters. The van der Waals surface area contributed by atoms with Crippen LogP contribution in [0.25, 0.3) is 33.4 Å². The number of fused-ring (bicyclic) bond motifs is 8. The van der Waals surface area contributed by atoms with Crippen LogP contribution in [0, 0.1) is 12.7 Å². The third-order valence-corrected chi connectivity index (χ3v) is 17.7. The highest BCUT2D eigenvalue weighted by Crippen LogP contribution is 2.47. The lowest BCUT2D eigenvalue weighted by Crippen LogP contribution is -2.52. The van der Waals surface area contributed by atoms with Crippen LogP contribution < -0.4 is 48.1 Å². The Labute approximate surface area is 547 Å². The summed E-state index contributed by atoms with van der Waals surface area (Å²) in [5, 5.41) is 33.4. The number of alkyl carbamates (subject to hydrolysis) is 2. The molecule has 2 aliphatic heterocycles. The lowest BCUT2D eigenvalue weighted by atomic mass is 9.81. The van der Waals surface area contributed by atoms with Crippen LogP contribution >= 0.6 is 0 Å². The van der Waals surface area contributed by atoms with Gasteiger partial charge in [-0.05, 0) is 136 Å². The van der Waals surface area contributed by atoms with Crippen LogP contribution in [-0.4, -0.2) is 125 Å². The fourth-order valence-corrected chi connectivity index (χ4v) is 12.8. The molecule has 0 fully saturated rings. The highest BCUT2D eigenvalue weighted by atomic mass is 19.1. The second-order valence-electron chi connectivity index (χ2n) is 25.2. The lowest BCUT2D eigenvalue weighted by Gasteiger charge is -2.31. The maximum absolute atomic E-state index is 15.5. The Bertz CT molecular complexity index is 4010. The molecule has 0 radical (unpaired) electrons. The van der Waals surface area contributed by atoms with E-state index in [4.69, 9.17) is 19.2 Å². The summed E-state index contributed by atoms with van der Waals surface area (Å²) in [5.41, 5.74) is 5.60. The fraction of sp³-hybridized carbons (Fsp3) is 0.414. The second-order valence-corrected chi connectivity index (χ2v) is 25.2. The lowest BCUT2D eigenvalue weighted by molar-refractivity contribution is -0.172. The van der Waals surface area contributed by atoms with E-state index in [2.05, 4.69) is 42.5 Å². The molecule has 10 rings (SSSR count). The summed E-state index contributed by atoms with van der Waals surface area (Å²) in [4.78, 5) is 138. The Balaban J connectivity index is 0.697. The molecular formula is C70H79FN10O14. The first-order valence-electron chi connectivity index (χ1n) is 32.1. The van der Waals surface area contributed by atoms with Crippen LogP contribution in [0.4, 0.5) is 14.0 Å². The fourth-order valence-electron chi connectivity index (χ4n) is 12.8. The predicted octanol–water partition coefficient (Wildman–Crippen LogP) is 5.60. The number of esters is 1. The number of halogens is 1. The predicted molar refractivity (Wildman–Crippen MR) is 346 cm³/mol. The number of carbonyl (C=O) groups excluding carboxylic acids is 9. The van der Waals surface area contributed by atoms with Gasteiger partial charge in [-0.2, -0.15) is 0 Å². The number of benzene rings is 4. The van der Waals surface area contributed by atoms with Crippen LogP contribution in [0.15, 0.2) is 95.8 Å². The van der Waals surface area contributed by atoms with Crippen molar-refractivity contribution < 1.29 is 66.9 Å². The molecule has 0 unspecified atom stereocenters. The second kappa shape index (κ2) is 29.5. The topological polar surface area (TPSA) is 333 Å². The quantitative estimate of drug-likeness (QED) is 0.0181. The van der Waals surface area contributed by atoms with Crippen molar-refractivity contribution in [2.24, 2.45) is 0 Å². The zero-order valence-electron chi connectivity index (χ0n) is 53.7. The van der Waals surface area contributed by atoms with Gasteiger partial charge < -0.3 is 66.4 Å². The van der Waals surface area contributed by atoms with Gasteiger partial charge in [0.2, 0.25) is 35.4 Å². The number of ether oxygens (including phenoxy) is 3. The maximum atomic E-state index is 15.5. The van der Waals surface area contributed by atoms with Gasteiger partial charge in [0.05, 0.1) is 54.7 Å². The average Bonchev–Trinajstić information content (AvgIpc) is 1.29. The largest absolute Gasteiger partial charge is 0.458 e. The van der Waals surface area contributed by atoms with Gasteiger partial charge in [0.25, 0.3) is 5.56 Å². The van der Waals surface area contributed by atoms with E-state index in [0.717, 1.165) is 33.4 Å². The molecule has 95 heavy (non-hydrogen) atoms. The number of nitrogens with zero attached hydrogens (tertiary/aromatic N) is 2. The number of pyridine rings is 2. The van der Waals surface area contributed by atoms with Crippen molar-refractivity contribution in [3.63, 3.8) is 0 Å². The Hall–Kier alpha value is -10.0. The maximum Gasteiger partial charge on any atom is 0.407 e. The number of rotatable bonds is 26. The molecule has 2 aliphatic carbocycles. The van der Waals surface area contributed by atoms with E-state index in [1.807, 2.05) is 78.9 Å². The summed E-state index contributed by atoms with van der Waals surface area (Å²) in [5.74, 6) is -5.36. The highest BCUT2D eigenvalue weighted by molar-refractivity contribution is 5.95. The van der Waals surface area contributed by atoms with Gasteiger partial charge in [-0.3, -0.25) is 33.6 Å². The van der Waals surface area contributed by atoms with Gasteiger partial charge in [-0.1, -0.05) is 85.8 Å². The summed E-state index contributed by atoms with van der Waals surface area (Å²) in [6.45, 7) is 6.90. The van der Waals surface area contributed by atoms with E-state index < -0.39 is 108 Å². The van der Waals surface area contributed by atoms with Crippen molar-refractivity contribution in [3.8, 4) is 22.5 Å². The summed E-state index contributed by atoms with van der Waals surface area (Å²) in [6, 6.07) is 24.9. The molecule has 2 aromatic heterocycles. The number of hydrogen-bond donors (Lipinski definition) is 9. The first kappa shape index (κ1) is 67.8. The van der Waals surface area contributed by atoms with Crippen molar-refractivity contribution >= 4 is 64.5 Å². The molecule has 0 bridgehead atoms. The van der Waals surface area contributed by atoms with E-state index in [-0.39, 0.29) is 87.9 Å². The Morgan fingerprint density at radius 2 is 1.38 bits per heavy atom. The SMILES string of the molecule is CC[C@@]1(O)C(=O)OCc2c1cc1n(c2=O)Cc2c-1nc1cc(F)c(C)c3c1c2[C@@H](NC(=O)CCCNC(=O)CNC(=O)[C@H](CCc1ccccc1)NC(=O)CNC(=O)CNC(=O)[C@H](CCCCNC(=O)OC(C)(C)C)NC(=O)OCC1c2ccccc2-c2ccccc21)CC3. The molecule has 4 aliphatic rings. The third-order valence-electron chi connectivity index (χ3n) is 17.7. The molecule has 0 saturated heterocycles. The Kier molecular flexibility index (Phi) is 21.1.